The van der Waals surface area contributed by atoms with Crippen LogP contribution in [0.2, 0.25) is 0 Å². The lowest BCUT2D eigenvalue weighted by Gasteiger charge is -2.07. The molecule has 4 nitrogen and oxygen atoms in total. The van der Waals surface area contributed by atoms with Crippen LogP contribution in [0.5, 0.6) is 0 Å². The molecular formula is C14H12ClFN4. The van der Waals surface area contributed by atoms with Crippen LogP contribution in [-0.4, -0.2) is 25.6 Å². The van der Waals surface area contributed by atoms with Gasteiger partial charge < -0.3 is 4.57 Å². The summed E-state index contributed by atoms with van der Waals surface area (Å²) in [4.78, 5) is 4.35. The number of imidazole rings is 1. The molecule has 0 amide bonds. The quantitative estimate of drug-likeness (QED) is 0.694. The van der Waals surface area contributed by atoms with E-state index in [9.17, 15) is 4.39 Å². The molecule has 2 aromatic heterocycles. The Morgan fingerprint density at radius 1 is 1.20 bits per heavy atom. The first-order valence-electron chi connectivity index (χ1n) is 6.26. The highest BCUT2D eigenvalue weighted by atomic mass is 35.5. The van der Waals surface area contributed by atoms with Gasteiger partial charge in [0.05, 0.1) is 17.8 Å². The van der Waals surface area contributed by atoms with Crippen LogP contribution in [0.15, 0.2) is 36.5 Å². The Hall–Kier alpha value is -2.01. The first-order valence-corrected chi connectivity index (χ1v) is 6.79. The zero-order valence-electron chi connectivity index (χ0n) is 10.6. The molecular weight excluding hydrogens is 279 g/mol. The van der Waals surface area contributed by atoms with Gasteiger partial charge in [0.25, 0.3) is 0 Å². The lowest BCUT2D eigenvalue weighted by Crippen LogP contribution is -2.07. The minimum absolute atomic E-state index is 0.323. The second kappa shape index (κ2) is 5.54. The summed E-state index contributed by atoms with van der Waals surface area (Å²) in [7, 11) is 0. The molecule has 0 aliphatic heterocycles. The van der Waals surface area contributed by atoms with Gasteiger partial charge >= 0.3 is 0 Å². The molecule has 0 radical (unpaired) electrons. The third-order valence-electron chi connectivity index (χ3n) is 3.07. The van der Waals surface area contributed by atoms with E-state index in [0.717, 1.165) is 17.0 Å². The summed E-state index contributed by atoms with van der Waals surface area (Å²) >= 11 is 5.80. The van der Waals surface area contributed by atoms with Crippen LogP contribution < -0.4 is 0 Å². The lowest BCUT2D eigenvalue weighted by molar-refractivity contribution is 0.637. The maximum absolute atomic E-state index is 13.8. The predicted molar refractivity (Wildman–Crippen MR) is 75.2 cm³/mol. The largest absolute Gasteiger partial charge is 0.322 e. The fourth-order valence-electron chi connectivity index (χ4n) is 2.19. The number of para-hydroxylation sites is 1. The van der Waals surface area contributed by atoms with E-state index in [1.165, 1.54) is 6.07 Å². The summed E-state index contributed by atoms with van der Waals surface area (Å²) in [6.07, 6.45) is 2.20. The third-order valence-corrected chi connectivity index (χ3v) is 3.26. The molecule has 0 aliphatic rings. The topological polar surface area (TPSA) is 43.6 Å². The van der Waals surface area contributed by atoms with Crippen molar-refractivity contribution in [2.45, 2.75) is 13.0 Å². The smallest absolute Gasteiger partial charge is 0.151 e. The van der Waals surface area contributed by atoms with Crippen LogP contribution in [0.4, 0.5) is 4.39 Å². The Bertz CT molecular complexity index is 727. The third kappa shape index (κ3) is 2.36. The van der Waals surface area contributed by atoms with Crippen LogP contribution in [0.1, 0.15) is 11.5 Å². The maximum Gasteiger partial charge on any atom is 0.151 e. The van der Waals surface area contributed by atoms with Crippen molar-refractivity contribution in [2.75, 3.05) is 5.88 Å². The fourth-order valence-corrected chi connectivity index (χ4v) is 2.36. The summed E-state index contributed by atoms with van der Waals surface area (Å²) in [5, 5.41) is 7.91. The second-order valence-electron chi connectivity index (χ2n) is 4.38. The molecule has 0 unspecified atom stereocenters. The SMILES string of the molecule is Fc1cccc2c1nc(CCCl)n2Cc1cccnn1. The number of hydrogen-bond acceptors (Lipinski definition) is 3. The number of hydrogen-bond donors (Lipinski definition) is 0. The van der Waals surface area contributed by atoms with Crippen molar-refractivity contribution in [1.29, 1.82) is 0 Å². The number of halogens is 2. The molecule has 0 N–H and O–H groups in total. The van der Waals surface area contributed by atoms with Crippen LogP contribution in [0.25, 0.3) is 11.0 Å². The van der Waals surface area contributed by atoms with E-state index in [1.807, 2.05) is 22.8 Å². The van der Waals surface area contributed by atoms with Crippen LogP contribution in [-0.2, 0) is 13.0 Å². The van der Waals surface area contributed by atoms with Crippen LogP contribution >= 0.6 is 11.6 Å². The summed E-state index contributed by atoms with van der Waals surface area (Å²) in [6.45, 7) is 0.500. The molecule has 20 heavy (non-hydrogen) atoms. The molecule has 0 bridgehead atoms. The molecule has 2 heterocycles. The van der Waals surface area contributed by atoms with E-state index in [4.69, 9.17) is 11.6 Å². The summed E-state index contributed by atoms with van der Waals surface area (Å²) in [6, 6.07) is 8.63. The lowest BCUT2D eigenvalue weighted by atomic mass is 10.3. The number of benzene rings is 1. The number of aryl methyl sites for hydroxylation is 1. The molecule has 0 spiro atoms. The number of fused-ring (bicyclic) bond motifs is 1. The highest BCUT2D eigenvalue weighted by molar-refractivity contribution is 6.17. The standard InChI is InChI=1S/C14H12ClFN4/c15-7-6-13-18-14-11(16)4-1-5-12(14)20(13)9-10-3-2-8-17-19-10/h1-5,8H,6-7,9H2. The van der Waals surface area contributed by atoms with Gasteiger partial charge in [0.2, 0.25) is 0 Å². The fraction of sp³-hybridized carbons (Fsp3) is 0.214. The predicted octanol–water partition coefficient (Wildman–Crippen LogP) is 2.80. The van der Waals surface area contributed by atoms with Gasteiger partial charge in [0, 0.05) is 18.5 Å². The number of rotatable bonds is 4. The first-order chi connectivity index (χ1) is 9.79. The Balaban J connectivity index is 2.12. The molecule has 0 saturated heterocycles. The average Bonchev–Trinajstić information content (AvgIpc) is 2.81. The Labute approximate surface area is 120 Å². The van der Waals surface area contributed by atoms with Gasteiger partial charge in [-0.05, 0) is 24.3 Å². The number of nitrogens with zero attached hydrogens (tertiary/aromatic N) is 4. The Morgan fingerprint density at radius 3 is 2.85 bits per heavy atom. The molecule has 0 aliphatic carbocycles. The molecule has 0 saturated carbocycles. The van der Waals surface area contributed by atoms with Gasteiger partial charge in [0.1, 0.15) is 11.3 Å². The molecule has 6 heteroatoms. The van der Waals surface area contributed by atoms with E-state index in [0.29, 0.717) is 24.4 Å². The van der Waals surface area contributed by atoms with E-state index in [1.54, 1.807) is 12.3 Å². The summed E-state index contributed by atoms with van der Waals surface area (Å²) in [5.41, 5.74) is 1.92. The number of alkyl halides is 1. The zero-order chi connectivity index (χ0) is 13.9. The van der Waals surface area contributed by atoms with Crippen molar-refractivity contribution >= 4 is 22.6 Å². The van der Waals surface area contributed by atoms with E-state index >= 15 is 0 Å². The van der Waals surface area contributed by atoms with Crippen LogP contribution in [0, 0.1) is 5.82 Å². The maximum atomic E-state index is 13.8. The first kappa shape index (κ1) is 13.0. The van der Waals surface area contributed by atoms with Crippen molar-refractivity contribution in [3.8, 4) is 0 Å². The normalized spacial score (nSPS) is 11.1. The minimum atomic E-state index is -0.323. The molecule has 3 aromatic rings. The summed E-state index contributed by atoms with van der Waals surface area (Å²) < 4.78 is 15.8. The highest BCUT2D eigenvalue weighted by Gasteiger charge is 2.13. The van der Waals surface area contributed by atoms with Crippen molar-refractivity contribution in [3.05, 3.63) is 53.9 Å². The Kier molecular flexibility index (Phi) is 3.60. The van der Waals surface area contributed by atoms with E-state index in [-0.39, 0.29) is 5.82 Å². The molecule has 102 valence electrons. The highest BCUT2D eigenvalue weighted by Crippen LogP contribution is 2.20. The van der Waals surface area contributed by atoms with Crippen molar-refractivity contribution < 1.29 is 4.39 Å². The molecule has 3 rings (SSSR count). The van der Waals surface area contributed by atoms with Crippen molar-refractivity contribution in [2.24, 2.45) is 0 Å². The molecule has 0 fully saturated rings. The van der Waals surface area contributed by atoms with Gasteiger partial charge in [0.15, 0.2) is 5.82 Å². The number of aromatic nitrogens is 4. The van der Waals surface area contributed by atoms with Gasteiger partial charge in [-0.1, -0.05) is 6.07 Å². The molecule has 0 atom stereocenters. The van der Waals surface area contributed by atoms with Gasteiger partial charge in [-0.2, -0.15) is 10.2 Å². The monoisotopic (exact) mass is 290 g/mol. The summed E-state index contributed by atoms with van der Waals surface area (Å²) in [5.74, 6) is 0.868. The minimum Gasteiger partial charge on any atom is -0.322 e. The molecule has 1 aromatic carbocycles. The Morgan fingerprint density at radius 2 is 2.10 bits per heavy atom. The van der Waals surface area contributed by atoms with Crippen molar-refractivity contribution in [1.82, 2.24) is 19.7 Å². The van der Waals surface area contributed by atoms with E-state index in [2.05, 4.69) is 15.2 Å². The van der Waals surface area contributed by atoms with Gasteiger partial charge in [-0.15, -0.1) is 11.6 Å². The van der Waals surface area contributed by atoms with E-state index < -0.39 is 0 Å². The zero-order valence-corrected chi connectivity index (χ0v) is 11.4. The van der Waals surface area contributed by atoms with Gasteiger partial charge in [-0.3, -0.25) is 0 Å². The van der Waals surface area contributed by atoms with Crippen LogP contribution in [0.3, 0.4) is 0 Å². The van der Waals surface area contributed by atoms with Crippen molar-refractivity contribution in [3.63, 3.8) is 0 Å². The average molecular weight is 291 g/mol. The second-order valence-corrected chi connectivity index (χ2v) is 4.75. The van der Waals surface area contributed by atoms with Gasteiger partial charge in [-0.25, -0.2) is 9.37 Å².